The number of hydrogen-bond donors (Lipinski definition) is 1. The van der Waals surface area contributed by atoms with Gasteiger partial charge in [0.15, 0.2) is 0 Å². The summed E-state index contributed by atoms with van der Waals surface area (Å²) in [6.45, 7) is 14.6. The molecule has 0 fully saturated rings. The highest BCUT2D eigenvalue weighted by Gasteiger charge is 2.17. The molecule has 1 heterocycles. The predicted octanol–water partition coefficient (Wildman–Crippen LogP) is 4.78. The smallest absolute Gasteiger partial charge is 0.257 e. The van der Waals surface area contributed by atoms with Crippen molar-refractivity contribution in [1.29, 1.82) is 0 Å². The molecule has 4 heteroatoms. The second kappa shape index (κ2) is 7.56. The molecule has 130 valence electrons. The molecule has 0 unspecified atom stereocenters. The van der Waals surface area contributed by atoms with Gasteiger partial charge in [-0.05, 0) is 71.9 Å². The lowest BCUT2D eigenvalue weighted by Gasteiger charge is -2.21. The van der Waals surface area contributed by atoms with Gasteiger partial charge in [-0.25, -0.2) is 0 Å². The number of hydrogen-bond acceptors (Lipinski definition) is 2. The number of nitrogens with zero attached hydrogens (tertiary/aromatic N) is 2. The van der Waals surface area contributed by atoms with Gasteiger partial charge in [0.1, 0.15) is 0 Å². The summed E-state index contributed by atoms with van der Waals surface area (Å²) >= 11 is 0. The topological polar surface area (TPSA) is 37.3 Å². The molecule has 0 aliphatic rings. The molecule has 0 saturated heterocycles. The van der Waals surface area contributed by atoms with Crippen molar-refractivity contribution in [3.05, 3.63) is 47.3 Å². The first-order chi connectivity index (χ1) is 11.4. The van der Waals surface area contributed by atoms with E-state index in [1.807, 2.05) is 32.0 Å². The van der Waals surface area contributed by atoms with Crippen LogP contribution in [0.3, 0.4) is 0 Å². The first-order valence-corrected chi connectivity index (χ1v) is 8.73. The van der Waals surface area contributed by atoms with Crippen LogP contribution in [0.2, 0.25) is 0 Å². The highest BCUT2D eigenvalue weighted by Crippen LogP contribution is 2.22. The molecular weight excluding hydrogens is 298 g/mol. The minimum absolute atomic E-state index is 0.0504. The normalized spacial score (nSPS) is 11.0. The number of rotatable bonds is 6. The molecule has 0 bridgehead atoms. The van der Waals surface area contributed by atoms with Crippen molar-refractivity contribution in [1.82, 2.24) is 4.57 Å². The van der Waals surface area contributed by atoms with Crippen molar-refractivity contribution in [3.8, 4) is 0 Å². The molecule has 0 spiro atoms. The Hall–Kier alpha value is -2.23. The number of amides is 1. The van der Waals surface area contributed by atoms with Gasteiger partial charge in [-0.1, -0.05) is 0 Å². The monoisotopic (exact) mass is 327 g/mol. The van der Waals surface area contributed by atoms with Gasteiger partial charge in [0.25, 0.3) is 5.91 Å². The third kappa shape index (κ3) is 3.64. The maximum absolute atomic E-state index is 12.6. The zero-order valence-corrected chi connectivity index (χ0v) is 15.7. The van der Waals surface area contributed by atoms with Crippen molar-refractivity contribution < 1.29 is 4.79 Å². The molecule has 0 aliphatic heterocycles. The Labute approximate surface area is 145 Å². The van der Waals surface area contributed by atoms with Crippen molar-refractivity contribution >= 4 is 17.3 Å². The zero-order chi connectivity index (χ0) is 17.9. The van der Waals surface area contributed by atoms with E-state index < -0.39 is 0 Å². The summed E-state index contributed by atoms with van der Waals surface area (Å²) in [5.41, 5.74) is 4.87. The summed E-state index contributed by atoms with van der Waals surface area (Å²) in [6.07, 6.45) is 0. The van der Waals surface area contributed by atoms with E-state index in [0.717, 1.165) is 35.7 Å². The molecule has 24 heavy (non-hydrogen) atoms. The van der Waals surface area contributed by atoms with Crippen LogP contribution in [0.1, 0.15) is 55.5 Å². The summed E-state index contributed by atoms with van der Waals surface area (Å²) in [7, 11) is 0. The average molecular weight is 327 g/mol. The van der Waals surface area contributed by atoms with E-state index in [2.05, 4.69) is 54.6 Å². The van der Waals surface area contributed by atoms with Crippen LogP contribution in [0, 0.1) is 13.8 Å². The van der Waals surface area contributed by atoms with Gasteiger partial charge in [-0.3, -0.25) is 4.79 Å². The second-order valence-electron chi connectivity index (χ2n) is 6.42. The molecule has 1 N–H and O–H groups in total. The lowest BCUT2D eigenvalue weighted by molar-refractivity contribution is 0.102. The van der Waals surface area contributed by atoms with E-state index in [1.165, 1.54) is 5.69 Å². The number of anilines is 2. The standard InChI is InChI=1S/C20H29N3O/c1-7-22(8-2)18-11-9-17(10-12-18)21-20(24)19-13-15(5)23(14(3)4)16(19)6/h9-14H,7-8H2,1-6H3,(H,21,24). The van der Waals surface area contributed by atoms with E-state index in [4.69, 9.17) is 0 Å². The maximum Gasteiger partial charge on any atom is 0.257 e. The van der Waals surface area contributed by atoms with Crippen LogP contribution in [0.25, 0.3) is 0 Å². The van der Waals surface area contributed by atoms with Gasteiger partial charge in [0, 0.05) is 41.9 Å². The van der Waals surface area contributed by atoms with Gasteiger partial charge in [-0.15, -0.1) is 0 Å². The van der Waals surface area contributed by atoms with E-state index in [1.54, 1.807) is 0 Å². The second-order valence-corrected chi connectivity index (χ2v) is 6.42. The van der Waals surface area contributed by atoms with E-state index in [-0.39, 0.29) is 5.91 Å². The molecular formula is C20H29N3O. The van der Waals surface area contributed by atoms with Gasteiger partial charge >= 0.3 is 0 Å². The van der Waals surface area contributed by atoms with Crippen LogP contribution >= 0.6 is 0 Å². The summed E-state index contributed by atoms with van der Waals surface area (Å²) < 4.78 is 2.19. The lowest BCUT2D eigenvalue weighted by Crippen LogP contribution is -2.21. The van der Waals surface area contributed by atoms with Crippen molar-refractivity contribution in [3.63, 3.8) is 0 Å². The molecule has 0 aliphatic carbocycles. The fraction of sp³-hybridized carbons (Fsp3) is 0.450. The number of aromatic nitrogens is 1. The van der Waals surface area contributed by atoms with Crippen LogP contribution in [0.4, 0.5) is 11.4 Å². The number of carbonyl (C=O) groups is 1. The molecule has 1 amide bonds. The average Bonchev–Trinajstić information content (AvgIpc) is 2.85. The Morgan fingerprint density at radius 2 is 1.71 bits per heavy atom. The third-order valence-electron chi connectivity index (χ3n) is 4.50. The Morgan fingerprint density at radius 1 is 1.12 bits per heavy atom. The largest absolute Gasteiger partial charge is 0.372 e. The molecule has 1 aromatic heterocycles. The number of aryl methyl sites for hydroxylation is 1. The molecule has 2 rings (SSSR count). The van der Waals surface area contributed by atoms with Gasteiger partial charge < -0.3 is 14.8 Å². The van der Waals surface area contributed by atoms with Gasteiger partial charge in [0.2, 0.25) is 0 Å². The quantitative estimate of drug-likeness (QED) is 0.828. The summed E-state index contributed by atoms with van der Waals surface area (Å²) in [5.74, 6) is -0.0504. The molecule has 2 aromatic rings. The van der Waals surface area contributed by atoms with Crippen LogP contribution in [-0.2, 0) is 0 Å². The number of benzene rings is 1. The molecule has 1 aromatic carbocycles. The number of nitrogens with one attached hydrogen (secondary N) is 1. The molecule has 0 saturated carbocycles. The maximum atomic E-state index is 12.6. The van der Waals surface area contributed by atoms with Gasteiger partial charge in [0.05, 0.1) is 5.56 Å². The van der Waals surface area contributed by atoms with Gasteiger partial charge in [-0.2, -0.15) is 0 Å². The zero-order valence-electron chi connectivity index (χ0n) is 15.7. The van der Waals surface area contributed by atoms with Crippen LogP contribution in [0.15, 0.2) is 30.3 Å². The third-order valence-corrected chi connectivity index (χ3v) is 4.50. The minimum atomic E-state index is -0.0504. The molecule has 4 nitrogen and oxygen atoms in total. The summed E-state index contributed by atoms with van der Waals surface area (Å²) in [4.78, 5) is 14.9. The minimum Gasteiger partial charge on any atom is -0.372 e. The Bertz CT molecular complexity index is 694. The predicted molar refractivity (Wildman–Crippen MR) is 102 cm³/mol. The van der Waals surface area contributed by atoms with Crippen molar-refractivity contribution in [2.24, 2.45) is 0 Å². The molecule has 0 radical (unpaired) electrons. The fourth-order valence-electron chi connectivity index (χ4n) is 3.34. The van der Waals surface area contributed by atoms with Crippen molar-refractivity contribution in [2.45, 2.75) is 47.6 Å². The molecule has 0 atom stereocenters. The summed E-state index contributed by atoms with van der Waals surface area (Å²) in [5, 5.41) is 3.01. The number of carbonyl (C=O) groups excluding carboxylic acids is 1. The van der Waals surface area contributed by atoms with Crippen LogP contribution in [0.5, 0.6) is 0 Å². The summed E-state index contributed by atoms with van der Waals surface area (Å²) in [6, 6.07) is 10.4. The Morgan fingerprint density at radius 3 is 2.17 bits per heavy atom. The highest BCUT2D eigenvalue weighted by atomic mass is 16.1. The van der Waals surface area contributed by atoms with E-state index in [9.17, 15) is 4.79 Å². The first-order valence-electron chi connectivity index (χ1n) is 8.73. The lowest BCUT2D eigenvalue weighted by atomic mass is 10.2. The Kier molecular flexibility index (Phi) is 5.71. The Balaban J connectivity index is 2.17. The SMILES string of the molecule is CCN(CC)c1ccc(NC(=O)c2cc(C)n(C(C)C)c2C)cc1. The first kappa shape index (κ1) is 18.1. The van der Waals surface area contributed by atoms with Crippen LogP contribution < -0.4 is 10.2 Å². The highest BCUT2D eigenvalue weighted by molar-refractivity contribution is 6.05. The van der Waals surface area contributed by atoms with E-state index >= 15 is 0 Å². The van der Waals surface area contributed by atoms with Crippen molar-refractivity contribution in [2.75, 3.05) is 23.3 Å². The van der Waals surface area contributed by atoms with E-state index in [0.29, 0.717) is 6.04 Å². The fourth-order valence-corrected chi connectivity index (χ4v) is 3.34. The van der Waals surface area contributed by atoms with Crippen LogP contribution in [-0.4, -0.2) is 23.6 Å².